The lowest BCUT2D eigenvalue weighted by atomic mass is 10.1. The van der Waals surface area contributed by atoms with Crippen molar-refractivity contribution >= 4 is 21.8 Å². The minimum absolute atomic E-state index is 0.195. The molecule has 0 aliphatic rings. The number of halogens is 2. The lowest BCUT2D eigenvalue weighted by Gasteiger charge is -2.17. The molecule has 0 bridgehead atoms. The molecule has 2 rings (SSSR count). The van der Waals surface area contributed by atoms with Gasteiger partial charge in [-0.1, -0.05) is 15.9 Å². The van der Waals surface area contributed by atoms with E-state index >= 15 is 0 Å². The van der Waals surface area contributed by atoms with Gasteiger partial charge in [0.15, 0.2) is 0 Å². The number of aromatic nitrogens is 1. The number of amides is 1. The molecule has 0 radical (unpaired) electrons. The molecule has 0 N–H and O–H groups in total. The number of rotatable bonds is 4. The van der Waals surface area contributed by atoms with Crippen molar-refractivity contribution in [1.82, 2.24) is 9.88 Å². The Morgan fingerprint density at radius 1 is 1.30 bits per heavy atom. The SMILES string of the molecule is CN(CCc1ccncc1)C(=O)c1cc(F)cc(Br)c1. The Morgan fingerprint density at radius 3 is 2.65 bits per heavy atom. The standard InChI is InChI=1S/C15H14BrFN2O/c1-19(7-4-11-2-5-18-6-3-11)15(20)12-8-13(16)10-14(17)9-12/h2-3,5-6,8-10H,4,7H2,1H3. The summed E-state index contributed by atoms with van der Waals surface area (Å²) in [6.45, 7) is 0.566. The van der Waals surface area contributed by atoms with Crippen LogP contribution in [0, 0.1) is 5.82 Å². The fourth-order valence-electron chi connectivity index (χ4n) is 1.85. The number of nitrogens with zero attached hydrogens (tertiary/aromatic N) is 2. The van der Waals surface area contributed by atoms with Crippen molar-refractivity contribution < 1.29 is 9.18 Å². The van der Waals surface area contributed by atoms with Gasteiger partial charge in [-0.3, -0.25) is 9.78 Å². The number of hydrogen-bond donors (Lipinski definition) is 0. The van der Waals surface area contributed by atoms with Gasteiger partial charge in [-0.2, -0.15) is 0 Å². The van der Waals surface area contributed by atoms with Gasteiger partial charge in [-0.25, -0.2) is 4.39 Å². The van der Waals surface area contributed by atoms with Crippen molar-refractivity contribution in [2.75, 3.05) is 13.6 Å². The highest BCUT2D eigenvalue weighted by molar-refractivity contribution is 9.10. The van der Waals surface area contributed by atoms with Crippen molar-refractivity contribution in [3.63, 3.8) is 0 Å². The Labute approximate surface area is 125 Å². The maximum absolute atomic E-state index is 13.3. The Morgan fingerprint density at radius 2 is 2.00 bits per heavy atom. The van der Waals surface area contributed by atoms with Crippen LogP contribution in [0.3, 0.4) is 0 Å². The van der Waals surface area contributed by atoms with Crippen LogP contribution < -0.4 is 0 Å². The van der Waals surface area contributed by atoms with E-state index in [4.69, 9.17) is 0 Å². The molecule has 1 heterocycles. The first-order chi connectivity index (χ1) is 9.56. The van der Waals surface area contributed by atoms with Crippen LogP contribution in [0.5, 0.6) is 0 Å². The molecule has 0 spiro atoms. The zero-order chi connectivity index (χ0) is 14.5. The van der Waals surface area contributed by atoms with Crippen LogP contribution in [0.1, 0.15) is 15.9 Å². The molecular formula is C15H14BrFN2O. The molecule has 0 atom stereocenters. The second kappa shape index (κ2) is 6.61. The molecule has 0 unspecified atom stereocenters. The van der Waals surface area contributed by atoms with E-state index in [2.05, 4.69) is 20.9 Å². The smallest absolute Gasteiger partial charge is 0.253 e. The summed E-state index contributed by atoms with van der Waals surface area (Å²) in [6, 6.07) is 8.02. The topological polar surface area (TPSA) is 33.2 Å². The van der Waals surface area contributed by atoms with Crippen LogP contribution >= 0.6 is 15.9 Å². The molecule has 0 aliphatic heterocycles. The van der Waals surface area contributed by atoms with E-state index in [0.717, 1.165) is 12.0 Å². The van der Waals surface area contributed by atoms with Gasteiger partial charge in [0.05, 0.1) is 0 Å². The number of likely N-dealkylation sites (N-methyl/N-ethyl adjacent to an activating group) is 1. The lowest BCUT2D eigenvalue weighted by molar-refractivity contribution is 0.0796. The van der Waals surface area contributed by atoms with E-state index in [1.807, 2.05) is 12.1 Å². The summed E-state index contributed by atoms with van der Waals surface area (Å²) in [5.74, 6) is -0.621. The van der Waals surface area contributed by atoms with E-state index in [0.29, 0.717) is 16.6 Å². The molecular weight excluding hydrogens is 323 g/mol. The molecule has 5 heteroatoms. The van der Waals surface area contributed by atoms with E-state index in [-0.39, 0.29) is 5.91 Å². The summed E-state index contributed by atoms with van der Waals surface area (Å²) in [7, 11) is 1.71. The fourth-order valence-corrected chi connectivity index (χ4v) is 2.31. The van der Waals surface area contributed by atoms with Crippen LogP contribution in [0.15, 0.2) is 47.2 Å². The summed E-state index contributed by atoms with van der Waals surface area (Å²) in [6.07, 6.45) is 4.18. The summed E-state index contributed by atoms with van der Waals surface area (Å²) < 4.78 is 13.9. The second-order valence-electron chi connectivity index (χ2n) is 4.49. The van der Waals surface area contributed by atoms with Gasteiger partial charge in [0, 0.05) is 36.0 Å². The quantitative estimate of drug-likeness (QED) is 0.858. The van der Waals surface area contributed by atoms with Gasteiger partial charge in [-0.15, -0.1) is 0 Å². The fraction of sp³-hybridized carbons (Fsp3) is 0.200. The van der Waals surface area contributed by atoms with Gasteiger partial charge in [0.25, 0.3) is 5.91 Å². The minimum Gasteiger partial charge on any atom is -0.341 e. The molecule has 0 saturated carbocycles. The number of carbonyl (C=O) groups excluding carboxylic acids is 1. The predicted molar refractivity (Wildman–Crippen MR) is 79.0 cm³/mol. The van der Waals surface area contributed by atoms with Crippen molar-refractivity contribution in [3.05, 3.63) is 64.1 Å². The van der Waals surface area contributed by atoms with Crippen molar-refractivity contribution in [3.8, 4) is 0 Å². The summed E-state index contributed by atoms with van der Waals surface area (Å²) in [5, 5.41) is 0. The number of hydrogen-bond acceptors (Lipinski definition) is 2. The van der Waals surface area contributed by atoms with Gasteiger partial charge >= 0.3 is 0 Å². The molecule has 3 nitrogen and oxygen atoms in total. The van der Waals surface area contributed by atoms with Crippen molar-refractivity contribution in [1.29, 1.82) is 0 Å². The summed E-state index contributed by atoms with van der Waals surface area (Å²) in [4.78, 5) is 17.7. The molecule has 0 fully saturated rings. The van der Waals surface area contributed by atoms with Crippen LogP contribution in [-0.2, 0) is 6.42 Å². The zero-order valence-electron chi connectivity index (χ0n) is 11.0. The largest absolute Gasteiger partial charge is 0.341 e. The number of pyridine rings is 1. The van der Waals surface area contributed by atoms with E-state index < -0.39 is 5.82 Å². The monoisotopic (exact) mass is 336 g/mol. The molecule has 1 aromatic carbocycles. The maximum atomic E-state index is 13.3. The lowest BCUT2D eigenvalue weighted by Crippen LogP contribution is -2.28. The van der Waals surface area contributed by atoms with Crippen molar-refractivity contribution in [2.45, 2.75) is 6.42 Å². The third-order valence-electron chi connectivity index (χ3n) is 2.94. The molecule has 0 aliphatic carbocycles. The normalized spacial score (nSPS) is 10.3. The van der Waals surface area contributed by atoms with E-state index in [9.17, 15) is 9.18 Å². The van der Waals surface area contributed by atoms with Gasteiger partial charge in [0.1, 0.15) is 5.82 Å². The maximum Gasteiger partial charge on any atom is 0.253 e. The van der Waals surface area contributed by atoms with Gasteiger partial charge < -0.3 is 4.90 Å². The number of carbonyl (C=O) groups is 1. The highest BCUT2D eigenvalue weighted by Crippen LogP contribution is 2.16. The molecule has 1 amide bonds. The van der Waals surface area contributed by atoms with E-state index in [1.54, 1.807) is 30.4 Å². The summed E-state index contributed by atoms with van der Waals surface area (Å²) >= 11 is 3.19. The molecule has 20 heavy (non-hydrogen) atoms. The van der Waals surface area contributed by atoms with Crippen LogP contribution in [-0.4, -0.2) is 29.4 Å². The van der Waals surface area contributed by atoms with Gasteiger partial charge in [-0.05, 0) is 42.3 Å². The van der Waals surface area contributed by atoms with Crippen molar-refractivity contribution in [2.24, 2.45) is 0 Å². The molecule has 2 aromatic rings. The Kier molecular flexibility index (Phi) is 4.84. The number of benzene rings is 1. The average molecular weight is 337 g/mol. The van der Waals surface area contributed by atoms with Crippen LogP contribution in [0.2, 0.25) is 0 Å². The molecule has 1 aromatic heterocycles. The van der Waals surface area contributed by atoms with Crippen LogP contribution in [0.4, 0.5) is 4.39 Å². The third-order valence-corrected chi connectivity index (χ3v) is 3.40. The second-order valence-corrected chi connectivity index (χ2v) is 5.41. The highest BCUT2D eigenvalue weighted by Gasteiger charge is 2.13. The third kappa shape index (κ3) is 3.87. The Hall–Kier alpha value is -1.75. The molecule has 0 saturated heterocycles. The first kappa shape index (κ1) is 14.7. The van der Waals surface area contributed by atoms with Crippen LogP contribution in [0.25, 0.3) is 0 Å². The first-order valence-electron chi connectivity index (χ1n) is 6.17. The van der Waals surface area contributed by atoms with E-state index in [1.165, 1.54) is 12.1 Å². The highest BCUT2D eigenvalue weighted by atomic mass is 79.9. The zero-order valence-corrected chi connectivity index (χ0v) is 12.6. The Bertz CT molecular complexity index is 584. The molecule has 104 valence electrons. The van der Waals surface area contributed by atoms with Gasteiger partial charge in [0.2, 0.25) is 0 Å². The Balaban J connectivity index is 2.01. The first-order valence-corrected chi connectivity index (χ1v) is 6.96. The summed E-state index contributed by atoms with van der Waals surface area (Å²) in [5.41, 5.74) is 1.45. The average Bonchev–Trinajstić information content (AvgIpc) is 2.44. The minimum atomic E-state index is -0.426. The predicted octanol–water partition coefficient (Wildman–Crippen LogP) is 3.30.